The van der Waals surface area contributed by atoms with Gasteiger partial charge in [0.05, 0.1) is 17.6 Å². The van der Waals surface area contributed by atoms with Gasteiger partial charge in [-0.2, -0.15) is 0 Å². The van der Waals surface area contributed by atoms with Crippen LogP contribution in [-0.4, -0.2) is 41.2 Å². The lowest BCUT2D eigenvalue weighted by Crippen LogP contribution is -2.25. The van der Waals surface area contributed by atoms with Crippen molar-refractivity contribution in [2.24, 2.45) is 7.05 Å². The molecule has 1 N–H and O–H groups in total. The summed E-state index contributed by atoms with van der Waals surface area (Å²) in [7, 11) is 1.95. The molecule has 0 saturated carbocycles. The molecular weight excluding hydrogens is 330 g/mol. The van der Waals surface area contributed by atoms with Crippen LogP contribution in [0.5, 0.6) is 0 Å². The number of fused-ring (bicyclic) bond motifs is 1. The van der Waals surface area contributed by atoms with Gasteiger partial charge in [-0.3, -0.25) is 9.20 Å². The van der Waals surface area contributed by atoms with Crippen LogP contribution < -0.4 is 5.32 Å². The summed E-state index contributed by atoms with van der Waals surface area (Å²) in [5.41, 5.74) is 2.23. The Balaban J connectivity index is 1.48. The van der Waals surface area contributed by atoms with Gasteiger partial charge in [0.15, 0.2) is 11.5 Å². The number of hydrogen-bond acceptors (Lipinski definition) is 4. The van der Waals surface area contributed by atoms with E-state index in [1.807, 2.05) is 45.1 Å². The number of aryl methyl sites for hydroxylation is 2. The van der Waals surface area contributed by atoms with E-state index in [-0.39, 0.29) is 5.91 Å². The second kappa shape index (κ2) is 6.83. The first-order valence-corrected chi connectivity index (χ1v) is 8.43. The minimum atomic E-state index is -0.107. The SMILES string of the molecule is Cn1cccc1-c1nnc2ccc(C(=O)NCCCn3ccnc3)cn12. The summed E-state index contributed by atoms with van der Waals surface area (Å²) in [6.07, 6.45) is 10.00. The van der Waals surface area contributed by atoms with Crippen LogP contribution >= 0.6 is 0 Å². The molecule has 0 fully saturated rings. The average molecular weight is 349 g/mol. The molecule has 132 valence electrons. The van der Waals surface area contributed by atoms with E-state index >= 15 is 0 Å². The lowest BCUT2D eigenvalue weighted by molar-refractivity contribution is 0.0952. The molecule has 0 unspecified atom stereocenters. The van der Waals surface area contributed by atoms with Crippen LogP contribution in [0.2, 0.25) is 0 Å². The number of amides is 1. The fourth-order valence-electron chi connectivity index (χ4n) is 2.88. The molecule has 0 bridgehead atoms. The number of pyridine rings is 1. The molecular formula is C18H19N7O. The molecule has 0 spiro atoms. The Morgan fingerprint density at radius 3 is 2.88 bits per heavy atom. The number of nitrogens with zero attached hydrogens (tertiary/aromatic N) is 6. The normalized spacial score (nSPS) is 11.1. The first-order chi connectivity index (χ1) is 12.7. The molecule has 4 rings (SSSR count). The molecule has 4 aromatic heterocycles. The number of nitrogens with one attached hydrogen (secondary N) is 1. The molecule has 0 aliphatic carbocycles. The summed E-state index contributed by atoms with van der Waals surface area (Å²) in [5.74, 6) is 0.603. The number of carbonyl (C=O) groups excluding carboxylic acids is 1. The number of imidazole rings is 1. The zero-order valence-electron chi connectivity index (χ0n) is 14.4. The third-order valence-electron chi connectivity index (χ3n) is 4.28. The minimum absolute atomic E-state index is 0.107. The molecule has 4 heterocycles. The van der Waals surface area contributed by atoms with Gasteiger partial charge >= 0.3 is 0 Å². The second-order valence-electron chi connectivity index (χ2n) is 6.08. The zero-order valence-corrected chi connectivity index (χ0v) is 14.4. The van der Waals surface area contributed by atoms with Crippen molar-refractivity contribution in [2.75, 3.05) is 6.54 Å². The smallest absolute Gasteiger partial charge is 0.252 e. The lowest BCUT2D eigenvalue weighted by Gasteiger charge is -2.07. The third-order valence-corrected chi connectivity index (χ3v) is 4.28. The van der Waals surface area contributed by atoms with Gasteiger partial charge in [0.1, 0.15) is 0 Å². The van der Waals surface area contributed by atoms with Crippen molar-refractivity contribution >= 4 is 11.6 Å². The van der Waals surface area contributed by atoms with E-state index in [9.17, 15) is 4.79 Å². The van der Waals surface area contributed by atoms with Gasteiger partial charge in [0.25, 0.3) is 5.91 Å². The predicted octanol–water partition coefficient (Wildman–Crippen LogP) is 1.75. The monoisotopic (exact) mass is 349 g/mol. The number of aromatic nitrogens is 6. The number of rotatable bonds is 6. The summed E-state index contributed by atoms with van der Waals surface area (Å²) in [6, 6.07) is 7.50. The van der Waals surface area contributed by atoms with Crippen molar-refractivity contribution in [1.29, 1.82) is 0 Å². The molecule has 0 saturated heterocycles. The van der Waals surface area contributed by atoms with Gasteiger partial charge in [-0.1, -0.05) is 0 Å². The highest BCUT2D eigenvalue weighted by Crippen LogP contribution is 2.18. The fraction of sp³-hybridized carbons (Fsp3) is 0.222. The molecule has 0 aromatic carbocycles. The largest absolute Gasteiger partial charge is 0.352 e. The van der Waals surface area contributed by atoms with Crippen LogP contribution in [0.15, 0.2) is 55.4 Å². The molecule has 1 amide bonds. The first-order valence-electron chi connectivity index (χ1n) is 8.43. The standard InChI is InChI=1S/C18H19N7O/c1-23-9-2-4-15(23)17-22-21-16-6-5-14(12-25(16)17)18(26)20-7-3-10-24-11-8-19-13-24/h2,4-6,8-9,11-13H,3,7,10H2,1H3,(H,20,26). The summed E-state index contributed by atoms with van der Waals surface area (Å²) in [6.45, 7) is 1.42. The summed E-state index contributed by atoms with van der Waals surface area (Å²) >= 11 is 0. The highest BCUT2D eigenvalue weighted by Gasteiger charge is 2.13. The summed E-state index contributed by atoms with van der Waals surface area (Å²) in [4.78, 5) is 16.4. The van der Waals surface area contributed by atoms with E-state index in [4.69, 9.17) is 0 Å². The van der Waals surface area contributed by atoms with Crippen LogP contribution in [0.25, 0.3) is 17.2 Å². The van der Waals surface area contributed by atoms with Crippen molar-refractivity contribution in [3.05, 3.63) is 60.9 Å². The van der Waals surface area contributed by atoms with Crippen LogP contribution in [0, 0.1) is 0 Å². The number of carbonyl (C=O) groups is 1. The minimum Gasteiger partial charge on any atom is -0.352 e. The van der Waals surface area contributed by atoms with Crippen molar-refractivity contribution < 1.29 is 4.79 Å². The molecule has 26 heavy (non-hydrogen) atoms. The Labute approximate surface area is 150 Å². The van der Waals surface area contributed by atoms with Crippen molar-refractivity contribution in [2.45, 2.75) is 13.0 Å². The maximum Gasteiger partial charge on any atom is 0.252 e. The summed E-state index contributed by atoms with van der Waals surface area (Å²) in [5, 5.41) is 11.4. The molecule has 0 atom stereocenters. The van der Waals surface area contributed by atoms with Crippen molar-refractivity contribution in [1.82, 2.24) is 34.0 Å². The Bertz CT molecular complexity index is 1030. The van der Waals surface area contributed by atoms with Gasteiger partial charge in [-0.25, -0.2) is 4.98 Å². The topological polar surface area (TPSA) is 82.0 Å². The van der Waals surface area contributed by atoms with Crippen LogP contribution in [0.3, 0.4) is 0 Å². The van der Waals surface area contributed by atoms with Gasteiger partial charge < -0.3 is 14.5 Å². The summed E-state index contributed by atoms with van der Waals surface area (Å²) < 4.78 is 5.80. The van der Waals surface area contributed by atoms with E-state index in [2.05, 4.69) is 20.5 Å². The predicted molar refractivity (Wildman–Crippen MR) is 96.6 cm³/mol. The van der Waals surface area contributed by atoms with Gasteiger partial charge in [-0.05, 0) is 30.7 Å². The van der Waals surface area contributed by atoms with Gasteiger partial charge in [0.2, 0.25) is 0 Å². The van der Waals surface area contributed by atoms with Crippen LogP contribution in [-0.2, 0) is 13.6 Å². The molecule has 0 aliphatic rings. The molecule has 0 aliphatic heterocycles. The third kappa shape index (κ3) is 3.08. The van der Waals surface area contributed by atoms with Gasteiger partial charge in [0, 0.05) is 44.9 Å². The Morgan fingerprint density at radius 2 is 2.12 bits per heavy atom. The maximum absolute atomic E-state index is 12.4. The first kappa shape index (κ1) is 16.1. The quantitative estimate of drug-likeness (QED) is 0.538. The van der Waals surface area contributed by atoms with E-state index in [0.717, 1.165) is 18.7 Å². The maximum atomic E-state index is 12.4. The Hall–Kier alpha value is -3.42. The van der Waals surface area contributed by atoms with E-state index in [0.29, 0.717) is 23.6 Å². The molecule has 0 radical (unpaired) electrons. The van der Waals surface area contributed by atoms with E-state index < -0.39 is 0 Å². The molecule has 8 heteroatoms. The van der Waals surface area contributed by atoms with Gasteiger partial charge in [-0.15, -0.1) is 10.2 Å². The highest BCUT2D eigenvalue weighted by atomic mass is 16.1. The zero-order chi connectivity index (χ0) is 17.9. The Morgan fingerprint density at radius 1 is 1.19 bits per heavy atom. The van der Waals surface area contributed by atoms with E-state index in [1.54, 1.807) is 30.9 Å². The lowest BCUT2D eigenvalue weighted by atomic mass is 10.2. The highest BCUT2D eigenvalue weighted by molar-refractivity contribution is 5.94. The molecule has 4 aromatic rings. The molecule has 8 nitrogen and oxygen atoms in total. The van der Waals surface area contributed by atoms with Crippen molar-refractivity contribution in [3.8, 4) is 11.5 Å². The van der Waals surface area contributed by atoms with Crippen LogP contribution in [0.1, 0.15) is 16.8 Å². The van der Waals surface area contributed by atoms with E-state index in [1.165, 1.54) is 0 Å². The fourth-order valence-corrected chi connectivity index (χ4v) is 2.88. The number of hydrogen-bond donors (Lipinski definition) is 1. The van der Waals surface area contributed by atoms with Crippen LogP contribution in [0.4, 0.5) is 0 Å². The second-order valence-corrected chi connectivity index (χ2v) is 6.08. The Kier molecular flexibility index (Phi) is 4.22. The average Bonchev–Trinajstić information content (AvgIpc) is 3.38. The van der Waals surface area contributed by atoms with Crippen molar-refractivity contribution in [3.63, 3.8) is 0 Å².